The molecular weight excluding hydrogens is 314 g/mol. The smallest absolute Gasteiger partial charge is 0.123 e. The van der Waals surface area contributed by atoms with Crippen molar-refractivity contribution in [1.82, 2.24) is 4.98 Å². The van der Waals surface area contributed by atoms with Crippen LogP contribution in [-0.2, 0) is 0 Å². The van der Waals surface area contributed by atoms with Gasteiger partial charge >= 0.3 is 0 Å². The second kappa shape index (κ2) is 5.91. The number of hydrogen-bond donors (Lipinski definition) is 2. The minimum absolute atomic E-state index is 0.0911. The first-order chi connectivity index (χ1) is 11.7. The minimum atomic E-state index is 0.0911. The van der Waals surface area contributed by atoms with Crippen molar-refractivity contribution in [2.24, 2.45) is 5.73 Å². The van der Waals surface area contributed by atoms with Gasteiger partial charge in [0, 0.05) is 17.3 Å². The van der Waals surface area contributed by atoms with Crippen molar-refractivity contribution >= 4 is 27.9 Å². The predicted molar refractivity (Wildman–Crippen MR) is 102 cm³/mol. The quantitative estimate of drug-likeness (QED) is 0.414. The monoisotopic (exact) mass is 329 g/mol. The Morgan fingerprint density at radius 1 is 0.875 bits per heavy atom. The second-order valence-corrected chi connectivity index (χ2v) is 6.62. The van der Waals surface area contributed by atoms with Gasteiger partial charge in [0.1, 0.15) is 10.8 Å². The van der Waals surface area contributed by atoms with E-state index in [4.69, 9.17) is 11.1 Å². The Morgan fingerprint density at radius 3 is 2.42 bits per heavy atom. The Morgan fingerprint density at radius 2 is 1.62 bits per heavy atom. The molecule has 0 radical (unpaired) electrons. The van der Waals surface area contributed by atoms with Gasteiger partial charge in [-0.05, 0) is 28.5 Å². The summed E-state index contributed by atoms with van der Waals surface area (Å²) in [6.45, 7) is 0. The van der Waals surface area contributed by atoms with Crippen LogP contribution in [0.25, 0.3) is 31.8 Å². The first kappa shape index (κ1) is 14.6. The summed E-state index contributed by atoms with van der Waals surface area (Å²) in [7, 11) is 0. The fourth-order valence-corrected chi connectivity index (χ4v) is 3.61. The number of amidine groups is 1. The van der Waals surface area contributed by atoms with Gasteiger partial charge < -0.3 is 5.73 Å². The topological polar surface area (TPSA) is 62.8 Å². The molecule has 4 heteroatoms. The van der Waals surface area contributed by atoms with Gasteiger partial charge in [-0.1, -0.05) is 54.6 Å². The van der Waals surface area contributed by atoms with Crippen molar-refractivity contribution < 1.29 is 0 Å². The minimum Gasteiger partial charge on any atom is -0.384 e. The molecule has 4 rings (SSSR count). The number of hydrogen-bond acceptors (Lipinski definition) is 3. The van der Waals surface area contributed by atoms with Crippen molar-refractivity contribution in [3.05, 3.63) is 78.5 Å². The first-order valence-electron chi connectivity index (χ1n) is 7.60. The normalized spacial score (nSPS) is 10.8. The molecular formula is C20H15N3S. The summed E-state index contributed by atoms with van der Waals surface area (Å²) in [6, 6.07) is 22.4. The summed E-state index contributed by atoms with van der Waals surface area (Å²) in [6.07, 6.45) is 1.93. The number of rotatable bonds is 3. The van der Waals surface area contributed by atoms with Crippen molar-refractivity contribution in [1.29, 1.82) is 5.41 Å². The summed E-state index contributed by atoms with van der Waals surface area (Å²) >= 11 is 1.69. The molecule has 24 heavy (non-hydrogen) atoms. The van der Waals surface area contributed by atoms with E-state index >= 15 is 0 Å². The zero-order valence-electron chi connectivity index (χ0n) is 12.9. The van der Waals surface area contributed by atoms with Crippen molar-refractivity contribution in [2.45, 2.75) is 0 Å². The van der Waals surface area contributed by atoms with E-state index in [1.807, 2.05) is 42.6 Å². The van der Waals surface area contributed by atoms with Crippen molar-refractivity contribution in [3.8, 4) is 21.0 Å². The Bertz CT molecular complexity index is 1040. The Balaban J connectivity index is 1.73. The van der Waals surface area contributed by atoms with Crippen LogP contribution in [0, 0.1) is 5.41 Å². The maximum absolute atomic E-state index is 7.54. The standard InChI is InChI=1S/C20H15N3S/c21-19(22)16-8-6-15-11-17(9-7-14(15)10-16)20-23-12-18(24-20)13-4-2-1-3-5-13/h1-12H,(H3,21,22). The first-order valence-corrected chi connectivity index (χ1v) is 8.42. The third-order valence-corrected chi connectivity index (χ3v) is 5.06. The Kier molecular flexibility index (Phi) is 3.59. The fourth-order valence-electron chi connectivity index (χ4n) is 2.69. The van der Waals surface area contributed by atoms with Crippen LogP contribution >= 0.6 is 11.3 Å². The van der Waals surface area contributed by atoms with E-state index in [0.29, 0.717) is 0 Å². The number of fused-ring (bicyclic) bond motifs is 1. The highest BCUT2D eigenvalue weighted by Crippen LogP contribution is 2.33. The molecule has 0 bridgehead atoms. The molecule has 0 saturated carbocycles. The molecule has 0 aliphatic rings. The number of benzene rings is 3. The zero-order chi connectivity index (χ0) is 16.5. The van der Waals surface area contributed by atoms with Crippen molar-refractivity contribution in [3.63, 3.8) is 0 Å². The number of nitrogen functional groups attached to an aromatic ring is 1. The van der Waals surface area contributed by atoms with Gasteiger partial charge in [-0.15, -0.1) is 11.3 Å². The maximum Gasteiger partial charge on any atom is 0.123 e. The highest BCUT2D eigenvalue weighted by Gasteiger charge is 2.08. The second-order valence-electron chi connectivity index (χ2n) is 5.59. The molecule has 0 aliphatic carbocycles. The third-order valence-electron chi connectivity index (χ3n) is 3.96. The zero-order valence-corrected chi connectivity index (χ0v) is 13.7. The molecule has 3 aromatic carbocycles. The van der Waals surface area contributed by atoms with Crippen molar-refractivity contribution in [2.75, 3.05) is 0 Å². The lowest BCUT2D eigenvalue weighted by Gasteiger charge is -2.04. The van der Waals surface area contributed by atoms with Gasteiger partial charge in [0.25, 0.3) is 0 Å². The molecule has 0 atom stereocenters. The van der Waals surface area contributed by atoms with Crippen LogP contribution in [0.4, 0.5) is 0 Å². The van der Waals surface area contributed by atoms with Gasteiger partial charge in [-0.25, -0.2) is 4.98 Å². The van der Waals surface area contributed by atoms with Crippen LogP contribution in [0.1, 0.15) is 5.56 Å². The molecule has 0 amide bonds. The third kappa shape index (κ3) is 2.68. The van der Waals surface area contributed by atoms with E-state index < -0.39 is 0 Å². The molecule has 0 saturated heterocycles. The fraction of sp³-hybridized carbons (Fsp3) is 0. The largest absolute Gasteiger partial charge is 0.384 e. The average Bonchev–Trinajstić information content (AvgIpc) is 3.11. The van der Waals surface area contributed by atoms with Gasteiger partial charge in [-0.2, -0.15) is 0 Å². The molecule has 0 aliphatic heterocycles. The number of aromatic nitrogens is 1. The number of nitrogens with one attached hydrogen (secondary N) is 1. The Hall–Kier alpha value is -2.98. The SMILES string of the molecule is N=C(N)c1ccc2cc(-c3ncc(-c4ccccc4)s3)ccc2c1. The molecule has 3 N–H and O–H groups in total. The molecule has 0 spiro atoms. The lowest BCUT2D eigenvalue weighted by atomic mass is 10.0. The van der Waals surface area contributed by atoms with E-state index in [2.05, 4.69) is 35.3 Å². The predicted octanol–water partition coefficient (Wildman–Crippen LogP) is 4.91. The van der Waals surface area contributed by atoms with Gasteiger partial charge in [0.05, 0.1) is 4.88 Å². The summed E-state index contributed by atoms with van der Waals surface area (Å²) in [5, 5.41) is 10.7. The van der Waals surface area contributed by atoms with Gasteiger partial charge in [0.15, 0.2) is 0 Å². The molecule has 3 nitrogen and oxygen atoms in total. The van der Waals surface area contributed by atoms with E-state index in [0.717, 1.165) is 31.8 Å². The van der Waals surface area contributed by atoms with Gasteiger partial charge in [-0.3, -0.25) is 5.41 Å². The van der Waals surface area contributed by atoms with Crippen LogP contribution in [-0.4, -0.2) is 10.8 Å². The molecule has 0 unspecified atom stereocenters. The van der Waals surface area contributed by atoms with Gasteiger partial charge in [0.2, 0.25) is 0 Å². The number of nitrogens with zero attached hydrogens (tertiary/aromatic N) is 1. The highest BCUT2D eigenvalue weighted by molar-refractivity contribution is 7.18. The summed E-state index contributed by atoms with van der Waals surface area (Å²) in [5.74, 6) is 0.0911. The lowest BCUT2D eigenvalue weighted by Crippen LogP contribution is -2.10. The van der Waals surface area contributed by atoms with E-state index in [1.165, 1.54) is 5.56 Å². The summed E-state index contributed by atoms with van der Waals surface area (Å²) in [5.41, 5.74) is 8.60. The lowest BCUT2D eigenvalue weighted by molar-refractivity contribution is 1.41. The number of nitrogens with two attached hydrogens (primary N) is 1. The average molecular weight is 329 g/mol. The van der Waals surface area contributed by atoms with E-state index in [9.17, 15) is 0 Å². The molecule has 1 heterocycles. The molecule has 1 aromatic heterocycles. The van der Waals surface area contributed by atoms with E-state index in [1.54, 1.807) is 11.3 Å². The van der Waals surface area contributed by atoms with E-state index in [-0.39, 0.29) is 5.84 Å². The van der Waals surface area contributed by atoms with Crippen LogP contribution in [0.2, 0.25) is 0 Å². The van der Waals surface area contributed by atoms with Crippen LogP contribution in [0.5, 0.6) is 0 Å². The van der Waals surface area contributed by atoms with Crippen LogP contribution < -0.4 is 5.73 Å². The highest BCUT2D eigenvalue weighted by atomic mass is 32.1. The summed E-state index contributed by atoms with van der Waals surface area (Å²) < 4.78 is 0. The number of thiazole rings is 1. The van der Waals surface area contributed by atoms with Crippen LogP contribution in [0.3, 0.4) is 0 Å². The molecule has 116 valence electrons. The summed E-state index contributed by atoms with van der Waals surface area (Å²) in [4.78, 5) is 5.74. The Labute approximate surface area is 143 Å². The molecule has 4 aromatic rings. The maximum atomic E-state index is 7.54. The molecule has 0 fully saturated rings. The van der Waals surface area contributed by atoms with Crippen LogP contribution in [0.15, 0.2) is 72.9 Å².